The fraction of sp³-hybridized carbons (Fsp3) is 0. The number of rotatable bonds is 1. The number of aromatic hydroxyl groups is 5. The summed E-state index contributed by atoms with van der Waals surface area (Å²) in [5, 5.41) is 48.1. The third kappa shape index (κ3) is 1.96. The molecule has 1 aromatic heterocycles. The van der Waals surface area contributed by atoms with Gasteiger partial charge in [-0.1, -0.05) is 6.07 Å². The van der Waals surface area contributed by atoms with Crippen molar-refractivity contribution in [2.24, 2.45) is 0 Å². The Bertz CT molecular complexity index is 956. The van der Waals surface area contributed by atoms with Crippen LogP contribution in [-0.2, 0) is 0 Å². The summed E-state index contributed by atoms with van der Waals surface area (Å²) in [5.74, 6) is -2.21. The number of hydrogen-bond acceptors (Lipinski definition) is 7. The molecule has 3 aromatic rings. The Morgan fingerprint density at radius 1 is 0.818 bits per heavy atom. The maximum absolute atomic E-state index is 12.0. The first-order valence-corrected chi connectivity index (χ1v) is 6.12. The van der Waals surface area contributed by atoms with Crippen LogP contribution in [0.3, 0.4) is 0 Å². The average Bonchev–Trinajstić information content (AvgIpc) is 2.44. The molecule has 0 aliphatic carbocycles. The van der Waals surface area contributed by atoms with Gasteiger partial charge >= 0.3 is 5.63 Å². The standard InChI is InChI=1S/C15H10O7/c16-7-4-8-13(20)12(6-1-2-9(17)10(18)3-6)15(21)22-14(8)11(19)5-7/h1-5,16-20H. The van der Waals surface area contributed by atoms with E-state index in [0.29, 0.717) is 0 Å². The van der Waals surface area contributed by atoms with E-state index in [9.17, 15) is 30.3 Å². The number of benzene rings is 2. The van der Waals surface area contributed by atoms with Crippen LogP contribution in [0.1, 0.15) is 0 Å². The van der Waals surface area contributed by atoms with E-state index in [0.717, 1.165) is 24.3 Å². The lowest BCUT2D eigenvalue weighted by atomic mass is 10.0. The van der Waals surface area contributed by atoms with E-state index in [2.05, 4.69) is 0 Å². The van der Waals surface area contributed by atoms with Crippen molar-refractivity contribution in [1.82, 2.24) is 0 Å². The summed E-state index contributed by atoms with van der Waals surface area (Å²) in [6.07, 6.45) is 0. The summed E-state index contributed by atoms with van der Waals surface area (Å²) >= 11 is 0. The van der Waals surface area contributed by atoms with Gasteiger partial charge in [0.05, 0.1) is 5.39 Å². The van der Waals surface area contributed by atoms with E-state index in [-0.39, 0.29) is 33.6 Å². The molecule has 0 unspecified atom stereocenters. The zero-order valence-corrected chi connectivity index (χ0v) is 10.9. The topological polar surface area (TPSA) is 131 Å². The van der Waals surface area contributed by atoms with Gasteiger partial charge in [-0.2, -0.15) is 0 Å². The van der Waals surface area contributed by atoms with Crippen molar-refractivity contribution < 1.29 is 29.9 Å². The zero-order valence-electron chi connectivity index (χ0n) is 10.9. The van der Waals surface area contributed by atoms with Gasteiger partial charge in [-0.15, -0.1) is 0 Å². The second kappa shape index (κ2) is 4.59. The predicted molar refractivity (Wildman–Crippen MR) is 76.2 cm³/mol. The molecule has 3 rings (SSSR count). The van der Waals surface area contributed by atoms with Gasteiger partial charge in [0.2, 0.25) is 0 Å². The molecule has 22 heavy (non-hydrogen) atoms. The highest BCUT2D eigenvalue weighted by Crippen LogP contribution is 2.40. The molecule has 7 nitrogen and oxygen atoms in total. The fourth-order valence-electron chi connectivity index (χ4n) is 2.19. The quantitative estimate of drug-likeness (QED) is 0.343. The van der Waals surface area contributed by atoms with Crippen molar-refractivity contribution >= 4 is 11.0 Å². The molecule has 0 atom stereocenters. The molecule has 0 saturated carbocycles. The van der Waals surface area contributed by atoms with Crippen LogP contribution >= 0.6 is 0 Å². The Labute approximate surface area is 122 Å². The molecule has 1 heterocycles. The summed E-state index contributed by atoms with van der Waals surface area (Å²) in [6, 6.07) is 5.62. The SMILES string of the molecule is O=c1oc2c(O)cc(O)cc2c(O)c1-c1ccc(O)c(O)c1. The van der Waals surface area contributed by atoms with E-state index in [1.165, 1.54) is 6.07 Å². The first-order valence-electron chi connectivity index (χ1n) is 6.12. The van der Waals surface area contributed by atoms with Gasteiger partial charge in [0.1, 0.15) is 17.1 Å². The number of phenols is 4. The minimum atomic E-state index is -0.948. The van der Waals surface area contributed by atoms with Crippen LogP contribution < -0.4 is 5.63 Å². The summed E-state index contributed by atoms with van der Waals surface area (Å²) in [6.45, 7) is 0. The van der Waals surface area contributed by atoms with Gasteiger partial charge in [-0.25, -0.2) is 4.79 Å². The van der Waals surface area contributed by atoms with E-state index in [1.807, 2.05) is 0 Å². The Balaban J connectivity index is 2.39. The number of phenolic OH excluding ortho intramolecular Hbond substituents is 4. The molecule has 0 amide bonds. The van der Waals surface area contributed by atoms with Crippen molar-refractivity contribution in [3.05, 3.63) is 40.8 Å². The second-order valence-electron chi connectivity index (χ2n) is 4.66. The van der Waals surface area contributed by atoms with E-state index < -0.39 is 22.9 Å². The van der Waals surface area contributed by atoms with Crippen molar-refractivity contribution in [2.45, 2.75) is 0 Å². The normalized spacial score (nSPS) is 10.9. The highest BCUT2D eigenvalue weighted by atomic mass is 16.4. The van der Waals surface area contributed by atoms with Crippen molar-refractivity contribution in [1.29, 1.82) is 0 Å². The third-order valence-electron chi connectivity index (χ3n) is 3.21. The first-order chi connectivity index (χ1) is 10.4. The average molecular weight is 302 g/mol. The van der Waals surface area contributed by atoms with Crippen molar-refractivity contribution in [3.63, 3.8) is 0 Å². The van der Waals surface area contributed by atoms with Gasteiger partial charge in [0.25, 0.3) is 0 Å². The molecule has 2 aromatic carbocycles. The van der Waals surface area contributed by atoms with Crippen LogP contribution in [-0.4, -0.2) is 25.5 Å². The van der Waals surface area contributed by atoms with Crippen molar-refractivity contribution in [3.8, 4) is 39.9 Å². The molecule has 0 bridgehead atoms. The number of hydrogen-bond donors (Lipinski definition) is 5. The second-order valence-corrected chi connectivity index (χ2v) is 4.66. The molecule has 0 fully saturated rings. The Hall–Kier alpha value is -3.35. The summed E-state index contributed by atoms with van der Waals surface area (Å²) in [4.78, 5) is 12.0. The van der Waals surface area contributed by atoms with Crippen LogP contribution in [0.25, 0.3) is 22.1 Å². The molecule has 0 radical (unpaired) electrons. The number of fused-ring (bicyclic) bond motifs is 1. The van der Waals surface area contributed by atoms with Crippen LogP contribution in [0.4, 0.5) is 0 Å². The Kier molecular flexibility index (Phi) is 2.84. The maximum atomic E-state index is 12.0. The summed E-state index contributed by atoms with van der Waals surface area (Å²) < 4.78 is 4.96. The predicted octanol–water partition coefficient (Wildman–Crippen LogP) is 1.99. The molecule has 0 aliphatic rings. The van der Waals surface area contributed by atoms with Crippen LogP contribution in [0.5, 0.6) is 28.7 Å². The van der Waals surface area contributed by atoms with Gasteiger partial charge in [-0.3, -0.25) is 0 Å². The molecular formula is C15H10O7. The van der Waals surface area contributed by atoms with Gasteiger partial charge in [0.15, 0.2) is 22.8 Å². The largest absolute Gasteiger partial charge is 0.508 e. The smallest absolute Gasteiger partial charge is 0.348 e. The van der Waals surface area contributed by atoms with Crippen LogP contribution in [0.15, 0.2) is 39.5 Å². The molecule has 0 spiro atoms. The minimum Gasteiger partial charge on any atom is -0.508 e. The molecule has 0 aliphatic heterocycles. The lowest BCUT2D eigenvalue weighted by Gasteiger charge is -2.08. The van der Waals surface area contributed by atoms with E-state index in [1.54, 1.807) is 0 Å². The fourth-order valence-corrected chi connectivity index (χ4v) is 2.19. The van der Waals surface area contributed by atoms with Gasteiger partial charge in [-0.05, 0) is 23.8 Å². The molecule has 0 saturated heterocycles. The highest BCUT2D eigenvalue weighted by molar-refractivity contribution is 5.94. The molecule has 5 N–H and O–H groups in total. The van der Waals surface area contributed by atoms with Crippen molar-refractivity contribution in [2.75, 3.05) is 0 Å². The van der Waals surface area contributed by atoms with Crippen LogP contribution in [0.2, 0.25) is 0 Å². The maximum Gasteiger partial charge on any atom is 0.348 e. The van der Waals surface area contributed by atoms with Gasteiger partial charge in [0, 0.05) is 6.07 Å². The monoisotopic (exact) mass is 302 g/mol. The molecule has 112 valence electrons. The first kappa shape index (κ1) is 13.6. The summed E-state index contributed by atoms with van der Waals surface area (Å²) in [7, 11) is 0. The van der Waals surface area contributed by atoms with Gasteiger partial charge < -0.3 is 29.9 Å². The van der Waals surface area contributed by atoms with Crippen LogP contribution in [0, 0.1) is 0 Å². The summed E-state index contributed by atoms with van der Waals surface area (Å²) in [5.41, 5.74) is -1.39. The van der Waals surface area contributed by atoms with E-state index >= 15 is 0 Å². The Morgan fingerprint density at radius 2 is 1.55 bits per heavy atom. The minimum absolute atomic E-state index is 0.0698. The highest BCUT2D eigenvalue weighted by Gasteiger charge is 2.19. The molecule has 7 heteroatoms. The Morgan fingerprint density at radius 3 is 2.23 bits per heavy atom. The molecular weight excluding hydrogens is 292 g/mol. The lowest BCUT2D eigenvalue weighted by Crippen LogP contribution is -2.03. The zero-order chi connectivity index (χ0) is 16.0. The van der Waals surface area contributed by atoms with E-state index in [4.69, 9.17) is 4.42 Å². The lowest BCUT2D eigenvalue weighted by molar-refractivity contribution is 0.404. The third-order valence-corrected chi connectivity index (χ3v) is 3.21.